The highest BCUT2D eigenvalue weighted by Gasteiger charge is 2.22. The molecule has 0 spiro atoms. The molecule has 6 nitrogen and oxygen atoms in total. The molecule has 6 heteroatoms. The number of nitrogens with one attached hydrogen (secondary N) is 1. The highest BCUT2D eigenvalue weighted by Crippen LogP contribution is 2.31. The average molecular weight is 368 g/mol. The molecule has 1 N–H and O–H groups in total. The van der Waals surface area contributed by atoms with Gasteiger partial charge >= 0.3 is 0 Å². The second kappa shape index (κ2) is 8.12. The summed E-state index contributed by atoms with van der Waals surface area (Å²) in [5.41, 5.74) is 3.14. The van der Waals surface area contributed by atoms with E-state index in [1.807, 2.05) is 30.0 Å². The van der Waals surface area contributed by atoms with Crippen LogP contribution in [-0.2, 0) is 11.2 Å². The molecule has 3 rings (SSSR count). The summed E-state index contributed by atoms with van der Waals surface area (Å²) in [7, 11) is 3.08. The molecule has 0 bridgehead atoms. The number of fused-ring (bicyclic) bond motifs is 1. The SMILES string of the molecule is CCC(=O)N1CCCc2cc(NC(=O)c3ccc(OC)cc3OC)ccc21. The summed E-state index contributed by atoms with van der Waals surface area (Å²) >= 11 is 0. The number of carbonyl (C=O) groups is 2. The average Bonchev–Trinajstić information content (AvgIpc) is 2.71. The van der Waals surface area contributed by atoms with Crippen molar-refractivity contribution in [3.8, 4) is 11.5 Å². The summed E-state index contributed by atoms with van der Waals surface area (Å²) in [6.45, 7) is 2.61. The van der Waals surface area contributed by atoms with Crippen molar-refractivity contribution in [2.24, 2.45) is 0 Å². The quantitative estimate of drug-likeness (QED) is 0.875. The maximum atomic E-state index is 12.7. The van der Waals surface area contributed by atoms with Crippen molar-refractivity contribution in [1.29, 1.82) is 0 Å². The van der Waals surface area contributed by atoms with Gasteiger partial charge in [0.1, 0.15) is 11.5 Å². The van der Waals surface area contributed by atoms with Crippen molar-refractivity contribution in [1.82, 2.24) is 0 Å². The van der Waals surface area contributed by atoms with Crippen molar-refractivity contribution in [2.45, 2.75) is 26.2 Å². The van der Waals surface area contributed by atoms with Crippen LogP contribution in [0, 0.1) is 0 Å². The van der Waals surface area contributed by atoms with Gasteiger partial charge in [-0.05, 0) is 48.7 Å². The third-order valence-electron chi connectivity index (χ3n) is 4.71. The zero-order valence-corrected chi connectivity index (χ0v) is 15.9. The lowest BCUT2D eigenvalue weighted by atomic mass is 10.0. The predicted octanol–water partition coefficient (Wildman–Crippen LogP) is 3.65. The van der Waals surface area contributed by atoms with Crippen molar-refractivity contribution in [3.63, 3.8) is 0 Å². The van der Waals surface area contributed by atoms with Gasteiger partial charge in [-0.2, -0.15) is 0 Å². The van der Waals surface area contributed by atoms with Crippen LogP contribution in [0.3, 0.4) is 0 Å². The van der Waals surface area contributed by atoms with Gasteiger partial charge in [0.05, 0.1) is 19.8 Å². The highest BCUT2D eigenvalue weighted by molar-refractivity contribution is 6.06. The first-order chi connectivity index (χ1) is 13.1. The van der Waals surface area contributed by atoms with E-state index in [0.29, 0.717) is 29.2 Å². The Morgan fingerprint density at radius 1 is 1.11 bits per heavy atom. The molecular formula is C21H24N2O4. The Balaban J connectivity index is 1.83. The predicted molar refractivity (Wildman–Crippen MR) is 105 cm³/mol. The summed E-state index contributed by atoms with van der Waals surface area (Å²) < 4.78 is 10.5. The summed E-state index contributed by atoms with van der Waals surface area (Å²) in [5.74, 6) is 0.935. The lowest BCUT2D eigenvalue weighted by Gasteiger charge is -2.29. The minimum Gasteiger partial charge on any atom is -0.497 e. The van der Waals surface area contributed by atoms with Crippen molar-refractivity contribution < 1.29 is 19.1 Å². The number of carbonyl (C=O) groups excluding carboxylic acids is 2. The number of benzene rings is 2. The number of hydrogen-bond acceptors (Lipinski definition) is 4. The summed E-state index contributed by atoms with van der Waals surface area (Å²) in [6, 6.07) is 10.7. The topological polar surface area (TPSA) is 67.9 Å². The molecule has 2 amide bonds. The molecule has 2 aromatic carbocycles. The van der Waals surface area contributed by atoms with Gasteiger partial charge in [0.2, 0.25) is 5.91 Å². The molecule has 0 unspecified atom stereocenters. The Bertz CT molecular complexity index is 863. The van der Waals surface area contributed by atoms with E-state index in [2.05, 4.69) is 5.32 Å². The number of methoxy groups -OCH3 is 2. The number of aryl methyl sites for hydroxylation is 1. The maximum Gasteiger partial charge on any atom is 0.259 e. The number of amides is 2. The van der Waals surface area contributed by atoms with Crippen LogP contribution in [-0.4, -0.2) is 32.6 Å². The Hall–Kier alpha value is -3.02. The molecule has 0 atom stereocenters. The molecule has 0 fully saturated rings. The highest BCUT2D eigenvalue weighted by atomic mass is 16.5. The fourth-order valence-corrected chi connectivity index (χ4v) is 3.31. The standard InChI is InChI=1S/C21H24N2O4/c1-4-20(24)23-11-5-6-14-12-15(7-10-18(14)23)22-21(25)17-9-8-16(26-2)13-19(17)27-3/h7-10,12-13H,4-6,11H2,1-3H3,(H,22,25). The lowest BCUT2D eigenvalue weighted by Crippen LogP contribution is -2.34. The van der Waals surface area contributed by atoms with E-state index in [1.54, 1.807) is 25.3 Å². The Morgan fingerprint density at radius 2 is 1.93 bits per heavy atom. The molecule has 0 radical (unpaired) electrons. The summed E-state index contributed by atoms with van der Waals surface area (Å²) in [5, 5.41) is 2.92. The molecule has 1 aliphatic rings. The second-order valence-corrected chi connectivity index (χ2v) is 6.37. The number of rotatable bonds is 5. The third-order valence-corrected chi connectivity index (χ3v) is 4.71. The zero-order valence-electron chi connectivity index (χ0n) is 15.9. The van der Waals surface area contributed by atoms with E-state index >= 15 is 0 Å². The monoisotopic (exact) mass is 368 g/mol. The fourth-order valence-electron chi connectivity index (χ4n) is 3.31. The van der Waals surface area contributed by atoms with E-state index < -0.39 is 0 Å². The smallest absolute Gasteiger partial charge is 0.259 e. The van der Waals surface area contributed by atoms with E-state index in [0.717, 1.165) is 30.6 Å². The molecule has 0 saturated carbocycles. The first-order valence-electron chi connectivity index (χ1n) is 9.04. The van der Waals surface area contributed by atoms with Gasteiger partial charge in [-0.1, -0.05) is 6.92 Å². The van der Waals surface area contributed by atoms with E-state index in [4.69, 9.17) is 9.47 Å². The molecule has 0 aromatic heterocycles. The Morgan fingerprint density at radius 3 is 2.63 bits per heavy atom. The van der Waals surface area contributed by atoms with Gasteiger partial charge in [0.25, 0.3) is 5.91 Å². The van der Waals surface area contributed by atoms with Crippen LogP contribution in [0.15, 0.2) is 36.4 Å². The minimum absolute atomic E-state index is 0.121. The van der Waals surface area contributed by atoms with Gasteiger partial charge in [-0.3, -0.25) is 9.59 Å². The van der Waals surface area contributed by atoms with Crippen molar-refractivity contribution in [3.05, 3.63) is 47.5 Å². The number of nitrogens with zero attached hydrogens (tertiary/aromatic N) is 1. The first kappa shape index (κ1) is 18.8. The molecule has 0 aliphatic carbocycles. The van der Waals surface area contributed by atoms with Gasteiger partial charge < -0.3 is 19.7 Å². The van der Waals surface area contributed by atoms with E-state index in [-0.39, 0.29) is 11.8 Å². The molecule has 142 valence electrons. The zero-order chi connectivity index (χ0) is 19.4. The number of ether oxygens (including phenoxy) is 2. The number of anilines is 2. The van der Waals surface area contributed by atoms with Crippen LogP contribution in [0.4, 0.5) is 11.4 Å². The van der Waals surface area contributed by atoms with Gasteiger partial charge in [0.15, 0.2) is 0 Å². The number of hydrogen-bond donors (Lipinski definition) is 1. The van der Waals surface area contributed by atoms with Crippen LogP contribution in [0.5, 0.6) is 11.5 Å². The largest absolute Gasteiger partial charge is 0.497 e. The van der Waals surface area contributed by atoms with Gasteiger partial charge in [-0.25, -0.2) is 0 Å². The summed E-state index contributed by atoms with van der Waals surface area (Å²) in [6.07, 6.45) is 2.29. The van der Waals surface area contributed by atoms with Crippen LogP contribution in [0.25, 0.3) is 0 Å². The first-order valence-corrected chi connectivity index (χ1v) is 9.04. The molecule has 0 saturated heterocycles. The second-order valence-electron chi connectivity index (χ2n) is 6.37. The van der Waals surface area contributed by atoms with Gasteiger partial charge in [-0.15, -0.1) is 0 Å². The molecular weight excluding hydrogens is 344 g/mol. The normalized spacial score (nSPS) is 12.9. The van der Waals surface area contributed by atoms with Crippen LogP contribution in [0.2, 0.25) is 0 Å². The maximum absolute atomic E-state index is 12.7. The fraction of sp³-hybridized carbons (Fsp3) is 0.333. The Labute approximate surface area is 159 Å². The third kappa shape index (κ3) is 3.89. The molecule has 27 heavy (non-hydrogen) atoms. The van der Waals surface area contributed by atoms with Crippen LogP contribution < -0.4 is 19.7 Å². The molecule has 1 aliphatic heterocycles. The van der Waals surface area contributed by atoms with Crippen LogP contribution in [0.1, 0.15) is 35.7 Å². The van der Waals surface area contributed by atoms with E-state index in [1.165, 1.54) is 7.11 Å². The minimum atomic E-state index is -0.258. The van der Waals surface area contributed by atoms with Crippen LogP contribution >= 0.6 is 0 Å². The van der Waals surface area contributed by atoms with Crippen molar-refractivity contribution in [2.75, 3.05) is 31.0 Å². The van der Waals surface area contributed by atoms with Gasteiger partial charge in [0, 0.05) is 30.4 Å². The lowest BCUT2D eigenvalue weighted by molar-refractivity contribution is -0.118. The molecule has 1 heterocycles. The van der Waals surface area contributed by atoms with E-state index in [9.17, 15) is 9.59 Å². The van der Waals surface area contributed by atoms with Crippen molar-refractivity contribution >= 4 is 23.2 Å². The summed E-state index contributed by atoms with van der Waals surface area (Å²) in [4.78, 5) is 26.6. The Kier molecular flexibility index (Phi) is 5.64. The molecule has 2 aromatic rings.